The molecule has 1 aromatic heterocycles. The third kappa shape index (κ3) is 3.77. The van der Waals surface area contributed by atoms with Gasteiger partial charge in [0, 0.05) is 11.4 Å². The van der Waals surface area contributed by atoms with Gasteiger partial charge in [-0.3, -0.25) is 9.89 Å². The minimum Gasteiger partial charge on any atom is -0.469 e. The van der Waals surface area contributed by atoms with Gasteiger partial charge in [0.2, 0.25) is 0 Å². The van der Waals surface area contributed by atoms with Crippen molar-refractivity contribution in [2.45, 2.75) is 51.1 Å². The molecule has 3 rings (SSSR count). The molecule has 0 amide bonds. The Kier molecular flexibility index (Phi) is 5.14. The second-order valence-electron chi connectivity index (χ2n) is 7.72. The van der Waals surface area contributed by atoms with Crippen LogP contribution in [0.5, 0.6) is 0 Å². The van der Waals surface area contributed by atoms with E-state index >= 15 is 0 Å². The first-order chi connectivity index (χ1) is 12.6. The highest BCUT2D eigenvalue weighted by Gasteiger charge is 2.54. The lowest BCUT2D eigenvalue weighted by atomic mass is 9.66. The summed E-state index contributed by atoms with van der Waals surface area (Å²) >= 11 is 0. The lowest BCUT2D eigenvalue weighted by Crippen LogP contribution is -2.41. The second kappa shape index (κ2) is 7.09. The van der Waals surface area contributed by atoms with Crippen LogP contribution in [0.15, 0.2) is 30.5 Å². The summed E-state index contributed by atoms with van der Waals surface area (Å²) in [4.78, 5) is 12.1. The van der Waals surface area contributed by atoms with E-state index in [1.165, 1.54) is 19.2 Å². The van der Waals surface area contributed by atoms with Crippen molar-refractivity contribution in [1.29, 1.82) is 0 Å². The molecule has 1 N–H and O–H groups in total. The predicted octanol–water partition coefficient (Wildman–Crippen LogP) is 3.49. The zero-order valence-electron chi connectivity index (χ0n) is 16.2. The number of hydrogen-bond donors (Lipinski definition) is 1. The van der Waals surface area contributed by atoms with E-state index in [4.69, 9.17) is 14.0 Å². The minimum atomic E-state index is -0.668. The van der Waals surface area contributed by atoms with Gasteiger partial charge in [0.1, 0.15) is 5.82 Å². The molecule has 2 heterocycles. The van der Waals surface area contributed by atoms with Gasteiger partial charge in [-0.1, -0.05) is 12.1 Å². The van der Waals surface area contributed by atoms with Gasteiger partial charge in [-0.15, -0.1) is 0 Å². The molecule has 8 heteroatoms. The summed E-state index contributed by atoms with van der Waals surface area (Å²) in [6.07, 6.45) is 1.67. The van der Waals surface area contributed by atoms with Gasteiger partial charge in [-0.2, -0.15) is 5.10 Å². The predicted molar refractivity (Wildman–Crippen MR) is 99.4 cm³/mol. The number of rotatable bonds is 5. The Morgan fingerprint density at radius 3 is 2.56 bits per heavy atom. The number of methoxy groups -OCH3 is 1. The van der Waals surface area contributed by atoms with E-state index in [0.717, 1.165) is 0 Å². The Labute approximate surface area is 158 Å². The van der Waals surface area contributed by atoms with E-state index in [0.29, 0.717) is 16.8 Å². The van der Waals surface area contributed by atoms with Crippen LogP contribution in [0.4, 0.5) is 4.39 Å². The van der Waals surface area contributed by atoms with Crippen molar-refractivity contribution in [3.8, 4) is 11.3 Å². The number of carbonyl (C=O) groups excluding carboxylic acids is 1. The summed E-state index contributed by atoms with van der Waals surface area (Å²) in [5.74, 6) is -1.20. The fourth-order valence-corrected chi connectivity index (χ4v) is 3.12. The highest BCUT2D eigenvalue weighted by molar-refractivity contribution is 6.48. The summed E-state index contributed by atoms with van der Waals surface area (Å²) in [6.45, 7) is 7.80. The lowest BCUT2D eigenvalue weighted by molar-refractivity contribution is -0.140. The van der Waals surface area contributed by atoms with Crippen LogP contribution in [0.25, 0.3) is 11.3 Å². The third-order valence-corrected chi connectivity index (χ3v) is 5.40. The first-order valence-corrected chi connectivity index (χ1v) is 8.86. The molecule has 1 unspecified atom stereocenters. The van der Waals surface area contributed by atoms with Crippen LogP contribution in [-0.2, 0) is 18.8 Å². The maximum Gasteiger partial charge on any atom is 0.466 e. The van der Waals surface area contributed by atoms with Gasteiger partial charge in [-0.05, 0) is 45.4 Å². The van der Waals surface area contributed by atoms with Gasteiger partial charge in [0.15, 0.2) is 0 Å². The molecule has 1 atom stereocenters. The number of hydrogen-bond acceptors (Lipinski definition) is 5. The maximum atomic E-state index is 13.7. The highest BCUT2D eigenvalue weighted by atomic mass is 19.1. The Hall–Kier alpha value is -2.19. The number of nitrogens with one attached hydrogen (secondary N) is 1. The molecule has 1 fully saturated rings. The van der Waals surface area contributed by atoms with E-state index in [1.54, 1.807) is 18.3 Å². The number of benzene rings is 1. The number of H-pyrrole nitrogens is 1. The van der Waals surface area contributed by atoms with Crippen LogP contribution < -0.4 is 0 Å². The molecule has 1 aliphatic rings. The summed E-state index contributed by atoms with van der Waals surface area (Å²) in [7, 11) is 0.672. The first kappa shape index (κ1) is 19.6. The van der Waals surface area contributed by atoms with E-state index < -0.39 is 24.1 Å². The molecule has 0 aliphatic carbocycles. The van der Waals surface area contributed by atoms with Crippen molar-refractivity contribution < 1.29 is 23.2 Å². The van der Waals surface area contributed by atoms with Crippen LogP contribution in [0, 0.1) is 5.82 Å². The number of halogens is 1. The van der Waals surface area contributed by atoms with Gasteiger partial charge in [0.25, 0.3) is 0 Å². The number of nitrogens with zero attached hydrogens (tertiary/aromatic N) is 1. The summed E-state index contributed by atoms with van der Waals surface area (Å²) in [5.41, 5.74) is 0.875. The largest absolute Gasteiger partial charge is 0.469 e. The van der Waals surface area contributed by atoms with Crippen molar-refractivity contribution in [1.82, 2.24) is 10.2 Å². The number of aromatic nitrogens is 2. The molecule has 1 aliphatic heterocycles. The Balaban J connectivity index is 2.01. The van der Waals surface area contributed by atoms with Crippen LogP contribution in [0.2, 0.25) is 0 Å². The summed E-state index contributed by atoms with van der Waals surface area (Å²) in [6, 6.07) is 6.19. The van der Waals surface area contributed by atoms with Crippen molar-refractivity contribution >= 4 is 13.1 Å². The SMILES string of the molecule is COC(=O)CC(B1OC(C)(C)C(C)(C)O1)c1cn[nH]c1-c1cccc(F)c1. The number of carbonyl (C=O) groups is 1. The zero-order chi connectivity index (χ0) is 19.8. The standard InChI is InChI=1S/C19H24BFN2O4/c1-18(2)19(3,4)27-20(26-18)15(10-16(24)25-5)14-11-22-23-17(14)12-7-6-8-13(21)9-12/h6-9,11,15H,10H2,1-5H3,(H,22,23). The fraction of sp³-hybridized carbons (Fsp3) is 0.474. The fourth-order valence-electron chi connectivity index (χ4n) is 3.12. The molecular formula is C19H24BFN2O4. The van der Waals surface area contributed by atoms with E-state index in [2.05, 4.69) is 10.2 Å². The molecule has 2 aromatic rings. The van der Waals surface area contributed by atoms with Crippen LogP contribution in [0.3, 0.4) is 0 Å². The Morgan fingerprint density at radius 1 is 1.30 bits per heavy atom. The Morgan fingerprint density at radius 2 is 1.96 bits per heavy atom. The number of ether oxygens (including phenoxy) is 1. The number of esters is 1. The Bertz CT molecular complexity index is 821. The zero-order valence-corrected chi connectivity index (χ0v) is 16.2. The molecule has 0 radical (unpaired) electrons. The van der Waals surface area contributed by atoms with E-state index in [9.17, 15) is 9.18 Å². The van der Waals surface area contributed by atoms with E-state index in [1.807, 2.05) is 27.7 Å². The maximum absolute atomic E-state index is 13.7. The van der Waals surface area contributed by atoms with E-state index in [-0.39, 0.29) is 18.2 Å². The molecule has 27 heavy (non-hydrogen) atoms. The quantitative estimate of drug-likeness (QED) is 0.641. The smallest absolute Gasteiger partial charge is 0.466 e. The molecule has 1 saturated heterocycles. The van der Waals surface area contributed by atoms with Crippen molar-refractivity contribution in [3.63, 3.8) is 0 Å². The van der Waals surface area contributed by atoms with Gasteiger partial charge < -0.3 is 14.0 Å². The van der Waals surface area contributed by atoms with Crippen molar-refractivity contribution in [3.05, 3.63) is 41.8 Å². The molecule has 1 aromatic carbocycles. The molecule has 0 saturated carbocycles. The average Bonchev–Trinajstić information content (AvgIpc) is 3.15. The molecule has 144 valence electrons. The number of aromatic amines is 1. The van der Waals surface area contributed by atoms with Crippen molar-refractivity contribution in [2.75, 3.05) is 7.11 Å². The van der Waals surface area contributed by atoms with Gasteiger partial charge in [0.05, 0.1) is 36.6 Å². The molecule has 6 nitrogen and oxygen atoms in total. The molecule has 0 bridgehead atoms. The lowest BCUT2D eigenvalue weighted by Gasteiger charge is -2.32. The topological polar surface area (TPSA) is 73.4 Å². The average molecular weight is 374 g/mol. The van der Waals surface area contributed by atoms with Crippen LogP contribution in [0.1, 0.15) is 45.5 Å². The van der Waals surface area contributed by atoms with Gasteiger partial charge >= 0.3 is 13.1 Å². The highest BCUT2D eigenvalue weighted by Crippen LogP contribution is 2.43. The molecular weight excluding hydrogens is 350 g/mol. The third-order valence-electron chi connectivity index (χ3n) is 5.40. The second-order valence-corrected chi connectivity index (χ2v) is 7.72. The molecule has 0 spiro atoms. The summed E-state index contributed by atoms with van der Waals surface area (Å²) in [5, 5.41) is 7.02. The summed E-state index contributed by atoms with van der Waals surface area (Å²) < 4.78 is 30.9. The van der Waals surface area contributed by atoms with Crippen LogP contribution in [-0.4, -0.2) is 41.6 Å². The monoisotopic (exact) mass is 374 g/mol. The van der Waals surface area contributed by atoms with Gasteiger partial charge in [-0.25, -0.2) is 4.39 Å². The first-order valence-electron chi connectivity index (χ1n) is 8.86. The normalized spacial score (nSPS) is 19.1. The minimum absolute atomic E-state index is 0.0508. The van der Waals surface area contributed by atoms with Crippen LogP contribution >= 0.6 is 0 Å². The van der Waals surface area contributed by atoms with Crippen molar-refractivity contribution in [2.24, 2.45) is 0 Å².